The highest BCUT2D eigenvalue weighted by molar-refractivity contribution is 7.89. The number of benzene rings is 1. The summed E-state index contributed by atoms with van der Waals surface area (Å²) in [5.74, 6) is -2.55. The van der Waals surface area contributed by atoms with Gasteiger partial charge in [0.2, 0.25) is 21.8 Å². The molecule has 1 aromatic rings. The number of carbonyl (C=O) groups is 2. The molecule has 7 saturated carbocycles. The lowest BCUT2D eigenvalue weighted by molar-refractivity contribution is -0.326. The molecule has 6 unspecified atom stereocenters. The van der Waals surface area contributed by atoms with Crippen LogP contribution in [0.3, 0.4) is 0 Å². The minimum Gasteiger partial charge on any atom is -0.369 e. The Morgan fingerprint density at radius 3 is 2.52 bits per heavy atom. The zero-order valence-corrected chi connectivity index (χ0v) is 19.7. The van der Waals surface area contributed by atoms with Crippen LogP contribution < -0.4 is 15.8 Å². The molecule has 4 N–H and O–H groups in total. The lowest BCUT2D eigenvalue weighted by atomic mass is 9.21. The van der Waals surface area contributed by atoms with E-state index in [0.29, 0.717) is 12.5 Å². The zero-order valence-electron chi connectivity index (χ0n) is 18.9. The Kier molecular flexibility index (Phi) is 4.64. The van der Waals surface area contributed by atoms with Gasteiger partial charge in [0.1, 0.15) is 5.54 Å². The first kappa shape index (κ1) is 22.7. The van der Waals surface area contributed by atoms with E-state index in [1.54, 1.807) is 6.92 Å². The van der Waals surface area contributed by atoms with Gasteiger partial charge in [0.25, 0.3) is 0 Å². The van der Waals surface area contributed by atoms with Crippen LogP contribution in [0.1, 0.15) is 52.0 Å². The number of hydrogen-bond donors (Lipinski definition) is 3. The first-order valence-corrected chi connectivity index (χ1v) is 12.9. The topological polar surface area (TPSA) is 118 Å². The second-order valence-corrected chi connectivity index (χ2v) is 12.7. The molecule has 5 bridgehead atoms. The average Bonchev–Trinajstić information content (AvgIpc) is 2.70. The first-order chi connectivity index (χ1) is 15.3. The van der Waals surface area contributed by atoms with Crippen molar-refractivity contribution in [3.05, 3.63) is 29.3 Å². The van der Waals surface area contributed by atoms with Gasteiger partial charge in [-0.05, 0) is 86.8 Å². The summed E-state index contributed by atoms with van der Waals surface area (Å²) < 4.78 is 55.9. The van der Waals surface area contributed by atoms with E-state index >= 15 is 0 Å². The molecule has 8 rings (SSSR count). The van der Waals surface area contributed by atoms with E-state index in [9.17, 15) is 26.8 Å². The number of rotatable bonds is 7. The number of hydrogen-bond acceptors (Lipinski definition) is 4. The average molecular weight is 482 g/mol. The maximum Gasteiger partial charge on any atom is 0.241 e. The Labute approximate surface area is 191 Å². The van der Waals surface area contributed by atoms with Crippen LogP contribution in [0.25, 0.3) is 0 Å². The van der Waals surface area contributed by atoms with E-state index < -0.39 is 43.4 Å². The van der Waals surface area contributed by atoms with Crippen molar-refractivity contribution in [2.24, 2.45) is 34.3 Å². The Bertz CT molecular complexity index is 1180. The highest BCUT2D eigenvalue weighted by Gasteiger charge is 2.82. The SMILES string of the molecule is CCc1cc(S(=O)(=O)NC(C)(C)C(=O)NC2C3CC45CC2C4C(C(N)=O)(C3)C5)cc(F)c1F. The van der Waals surface area contributed by atoms with Gasteiger partial charge in [-0.1, -0.05) is 6.92 Å². The molecular weight excluding hydrogens is 452 g/mol. The van der Waals surface area contributed by atoms with Crippen LogP contribution in [-0.4, -0.2) is 31.8 Å². The summed E-state index contributed by atoms with van der Waals surface area (Å²) in [5, 5.41) is 3.04. The molecule has 7 aliphatic carbocycles. The summed E-state index contributed by atoms with van der Waals surface area (Å²) >= 11 is 0. The summed E-state index contributed by atoms with van der Waals surface area (Å²) in [6.45, 7) is 4.46. The van der Waals surface area contributed by atoms with Gasteiger partial charge in [-0.3, -0.25) is 9.59 Å². The predicted octanol–water partition coefficient (Wildman–Crippen LogP) is 1.99. The molecular formula is C23H29F2N3O4S. The third-order valence-electron chi connectivity index (χ3n) is 8.77. The van der Waals surface area contributed by atoms with E-state index in [1.165, 1.54) is 13.8 Å². The zero-order chi connectivity index (χ0) is 24.1. The number of nitrogens with two attached hydrogens (primary N) is 1. The molecule has 1 aromatic carbocycles. The molecule has 0 aliphatic heterocycles. The second-order valence-electron chi connectivity index (χ2n) is 11.0. The molecule has 2 amide bonds. The number of halogens is 2. The van der Waals surface area contributed by atoms with Crippen LogP contribution in [0.15, 0.2) is 17.0 Å². The van der Waals surface area contributed by atoms with Gasteiger partial charge < -0.3 is 11.1 Å². The highest BCUT2D eigenvalue weighted by atomic mass is 32.2. The van der Waals surface area contributed by atoms with Crippen molar-refractivity contribution < 1.29 is 26.8 Å². The number of sulfonamides is 1. The third-order valence-corrected chi connectivity index (χ3v) is 10.4. The molecule has 7 fully saturated rings. The highest BCUT2D eigenvalue weighted by Crippen LogP contribution is 2.84. The standard InChI is InChI=1S/C23H29F2N3O4S/c1-4-11-5-13(6-15(24)16(11)25)33(31,32)28-21(2,3)20(30)27-17-12-7-22-9-14(17)18(22)23(8-12,10-22)19(26)29/h5-6,12,14,17-18,28H,4,7-10H2,1-3H3,(H2,26,29)(H,27,30). The van der Waals surface area contributed by atoms with Crippen LogP contribution >= 0.6 is 0 Å². The quantitative estimate of drug-likeness (QED) is 0.552. The Hall–Kier alpha value is -2.07. The minimum atomic E-state index is -4.29. The van der Waals surface area contributed by atoms with Gasteiger partial charge in [0.05, 0.1) is 10.3 Å². The van der Waals surface area contributed by atoms with Crippen molar-refractivity contribution in [3.63, 3.8) is 0 Å². The predicted molar refractivity (Wildman–Crippen MR) is 115 cm³/mol. The van der Waals surface area contributed by atoms with Crippen LogP contribution in [0.5, 0.6) is 0 Å². The fraction of sp³-hybridized carbons (Fsp3) is 0.652. The molecule has 0 heterocycles. The Morgan fingerprint density at radius 1 is 1.21 bits per heavy atom. The van der Waals surface area contributed by atoms with Gasteiger partial charge in [0.15, 0.2) is 11.6 Å². The van der Waals surface area contributed by atoms with E-state index in [2.05, 4.69) is 10.0 Å². The summed E-state index contributed by atoms with van der Waals surface area (Å²) in [6.07, 6.45) is 3.55. The maximum atomic E-state index is 13.9. The van der Waals surface area contributed by atoms with Gasteiger partial charge in [-0.2, -0.15) is 4.72 Å². The minimum absolute atomic E-state index is 0.0586. The normalized spacial score (nSPS) is 36.0. The fourth-order valence-electron chi connectivity index (χ4n) is 7.64. The molecule has 180 valence electrons. The fourth-order valence-corrected chi connectivity index (χ4v) is 9.08. The number of aryl methyl sites for hydroxylation is 1. The van der Waals surface area contributed by atoms with Crippen molar-refractivity contribution in [3.8, 4) is 0 Å². The lowest BCUT2D eigenvalue weighted by Gasteiger charge is -2.82. The Balaban J connectivity index is 1.32. The molecule has 33 heavy (non-hydrogen) atoms. The van der Waals surface area contributed by atoms with Gasteiger partial charge >= 0.3 is 0 Å². The molecule has 10 heteroatoms. The summed E-state index contributed by atoms with van der Waals surface area (Å²) in [7, 11) is -4.29. The lowest BCUT2D eigenvalue weighted by Crippen LogP contribution is -2.83. The monoisotopic (exact) mass is 481 g/mol. The van der Waals surface area contributed by atoms with Crippen LogP contribution in [0.4, 0.5) is 8.78 Å². The van der Waals surface area contributed by atoms with E-state index in [4.69, 9.17) is 5.73 Å². The number of carbonyl (C=O) groups excluding carboxylic acids is 2. The summed E-state index contributed by atoms with van der Waals surface area (Å²) in [5.41, 5.74) is 3.91. The molecule has 7 aliphatic rings. The van der Waals surface area contributed by atoms with Gasteiger partial charge in [-0.15, -0.1) is 0 Å². The van der Waals surface area contributed by atoms with E-state index in [-0.39, 0.29) is 47.1 Å². The van der Waals surface area contributed by atoms with Crippen molar-refractivity contribution >= 4 is 21.8 Å². The van der Waals surface area contributed by atoms with Crippen molar-refractivity contribution in [1.29, 1.82) is 0 Å². The second kappa shape index (κ2) is 6.75. The van der Waals surface area contributed by atoms with Gasteiger partial charge in [0, 0.05) is 6.04 Å². The summed E-state index contributed by atoms with van der Waals surface area (Å²) in [6, 6.07) is 1.57. The smallest absolute Gasteiger partial charge is 0.241 e. The number of nitrogens with one attached hydrogen (secondary N) is 2. The van der Waals surface area contributed by atoms with Crippen molar-refractivity contribution in [1.82, 2.24) is 10.0 Å². The number of primary amides is 1. The van der Waals surface area contributed by atoms with Crippen LogP contribution in [0, 0.1) is 40.2 Å². The number of amides is 2. The molecule has 1 spiro atoms. The van der Waals surface area contributed by atoms with Crippen LogP contribution in [-0.2, 0) is 26.0 Å². The molecule has 6 atom stereocenters. The molecule has 0 saturated heterocycles. The first-order valence-electron chi connectivity index (χ1n) is 11.4. The van der Waals surface area contributed by atoms with E-state index in [0.717, 1.165) is 25.3 Å². The maximum absolute atomic E-state index is 13.9. The molecule has 0 radical (unpaired) electrons. The van der Waals surface area contributed by atoms with Crippen molar-refractivity contribution in [2.75, 3.05) is 0 Å². The van der Waals surface area contributed by atoms with E-state index in [1.807, 2.05) is 0 Å². The molecule has 7 nitrogen and oxygen atoms in total. The summed E-state index contributed by atoms with van der Waals surface area (Å²) in [4.78, 5) is 24.9. The van der Waals surface area contributed by atoms with Gasteiger partial charge in [-0.25, -0.2) is 17.2 Å². The third kappa shape index (κ3) is 2.95. The van der Waals surface area contributed by atoms with Crippen molar-refractivity contribution in [2.45, 2.75) is 69.4 Å². The Morgan fingerprint density at radius 2 is 1.91 bits per heavy atom. The molecule has 0 aromatic heterocycles. The van der Waals surface area contributed by atoms with Crippen LogP contribution in [0.2, 0.25) is 0 Å². The largest absolute Gasteiger partial charge is 0.369 e.